The van der Waals surface area contributed by atoms with Crippen molar-refractivity contribution in [2.75, 3.05) is 6.61 Å². The molecule has 0 aliphatic carbocycles. The standard InChI is InChI=1S/C14H25NO2/c1-3-5-11-6-7-12-8-9-13(15(11)12)10-14(16)17-4-2/h11-13H,3-10H2,1-2H3/t11-,12-,13-/m0/s1. The summed E-state index contributed by atoms with van der Waals surface area (Å²) in [6.45, 7) is 4.64. The molecule has 2 heterocycles. The lowest BCUT2D eigenvalue weighted by atomic mass is 10.0. The van der Waals surface area contributed by atoms with Gasteiger partial charge in [-0.25, -0.2) is 0 Å². The average Bonchev–Trinajstić information content (AvgIpc) is 2.84. The van der Waals surface area contributed by atoms with Gasteiger partial charge in [-0.3, -0.25) is 9.69 Å². The molecule has 0 aromatic rings. The topological polar surface area (TPSA) is 29.5 Å². The molecule has 2 aliphatic heterocycles. The molecule has 0 aromatic heterocycles. The Labute approximate surface area is 105 Å². The third kappa shape index (κ3) is 2.82. The van der Waals surface area contributed by atoms with Crippen LogP contribution in [0.4, 0.5) is 0 Å². The van der Waals surface area contributed by atoms with Gasteiger partial charge in [0.2, 0.25) is 0 Å². The molecule has 0 radical (unpaired) electrons. The van der Waals surface area contributed by atoms with Gasteiger partial charge in [0, 0.05) is 18.1 Å². The summed E-state index contributed by atoms with van der Waals surface area (Å²) in [5.41, 5.74) is 0. The first-order chi connectivity index (χ1) is 8.26. The molecule has 98 valence electrons. The predicted molar refractivity (Wildman–Crippen MR) is 67.8 cm³/mol. The fourth-order valence-corrected chi connectivity index (χ4v) is 3.65. The van der Waals surface area contributed by atoms with Crippen molar-refractivity contribution in [1.29, 1.82) is 0 Å². The zero-order valence-electron chi connectivity index (χ0n) is 11.2. The van der Waals surface area contributed by atoms with Crippen molar-refractivity contribution in [3.05, 3.63) is 0 Å². The molecule has 0 bridgehead atoms. The average molecular weight is 239 g/mol. The van der Waals surface area contributed by atoms with Crippen molar-refractivity contribution in [2.24, 2.45) is 0 Å². The summed E-state index contributed by atoms with van der Waals surface area (Å²) in [4.78, 5) is 14.2. The molecular weight excluding hydrogens is 214 g/mol. The van der Waals surface area contributed by atoms with Crippen LogP contribution in [-0.4, -0.2) is 35.6 Å². The number of nitrogens with zero attached hydrogens (tertiary/aromatic N) is 1. The van der Waals surface area contributed by atoms with Gasteiger partial charge in [0.25, 0.3) is 0 Å². The minimum Gasteiger partial charge on any atom is -0.466 e. The highest BCUT2D eigenvalue weighted by Crippen LogP contribution is 2.39. The Hall–Kier alpha value is -0.570. The Balaban J connectivity index is 1.92. The van der Waals surface area contributed by atoms with E-state index < -0.39 is 0 Å². The van der Waals surface area contributed by atoms with Crippen molar-refractivity contribution < 1.29 is 9.53 Å². The summed E-state index contributed by atoms with van der Waals surface area (Å²) in [5.74, 6) is -0.0136. The third-order valence-corrected chi connectivity index (χ3v) is 4.26. The molecule has 0 aromatic carbocycles. The molecule has 0 amide bonds. The van der Waals surface area contributed by atoms with Crippen molar-refractivity contribution in [2.45, 2.75) is 76.9 Å². The van der Waals surface area contributed by atoms with E-state index in [4.69, 9.17) is 4.74 Å². The zero-order chi connectivity index (χ0) is 12.3. The maximum Gasteiger partial charge on any atom is 0.307 e. The van der Waals surface area contributed by atoms with E-state index in [2.05, 4.69) is 11.8 Å². The van der Waals surface area contributed by atoms with Gasteiger partial charge in [-0.15, -0.1) is 0 Å². The van der Waals surface area contributed by atoms with Crippen LogP contribution in [0.3, 0.4) is 0 Å². The molecule has 2 fully saturated rings. The van der Waals surface area contributed by atoms with Crippen LogP contribution in [0.5, 0.6) is 0 Å². The molecule has 3 atom stereocenters. The van der Waals surface area contributed by atoms with Crippen LogP contribution < -0.4 is 0 Å². The molecule has 3 nitrogen and oxygen atoms in total. The van der Waals surface area contributed by atoms with E-state index in [0.29, 0.717) is 19.1 Å². The minimum absolute atomic E-state index is 0.0136. The number of ether oxygens (including phenoxy) is 1. The molecule has 0 saturated carbocycles. The van der Waals surface area contributed by atoms with Crippen LogP contribution in [0.1, 0.15) is 58.8 Å². The fourth-order valence-electron chi connectivity index (χ4n) is 3.65. The van der Waals surface area contributed by atoms with E-state index in [1.807, 2.05) is 6.92 Å². The van der Waals surface area contributed by atoms with E-state index in [1.165, 1.54) is 38.5 Å². The summed E-state index contributed by atoms with van der Waals surface area (Å²) >= 11 is 0. The number of carbonyl (C=O) groups is 1. The third-order valence-electron chi connectivity index (χ3n) is 4.26. The first-order valence-corrected chi connectivity index (χ1v) is 7.19. The van der Waals surface area contributed by atoms with E-state index >= 15 is 0 Å². The number of esters is 1. The van der Waals surface area contributed by atoms with Gasteiger partial charge in [-0.1, -0.05) is 13.3 Å². The van der Waals surface area contributed by atoms with Gasteiger partial charge < -0.3 is 4.74 Å². The normalized spacial score (nSPS) is 32.7. The molecule has 3 heteroatoms. The predicted octanol–water partition coefficient (Wildman–Crippen LogP) is 2.74. The highest BCUT2D eigenvalue weighted by atomic mass is 16.5. The maximum absolute atomic E-state index is 11.6. The highest BCUT2D eigenvalue weighted by Gasteiger charge is 2.42. The van der Waals surface area contributed by atoms with Gasteiger partial charge >= 0.3 is 5.97 Å². The first-order valence-electron chi connectivity index (χ1n) is 7.19. The van der Waals surface area contributed by atoms with Crippen LogP contribution in [0.25, 0.3) is 0 Å². The maximum atomic E-state index is 11.6. The number of rotatable bonds is 5. The molecule has 0 unspecified atom stereocenters. The van der Waals surface area contributed by atoms with Crippen molar-refractivity contribution >= 4 is 5.97 Å². The second-order valence-electron chi connectivity index (χ2n) is 5.36. The van der Waals surface area contributed by atoms with Crippen LogP contribution in [-0.2, 0) is 9.53 Å². The first kappa shape index (κ1) is 12.9. The summed E-state index contributed by atoms with van der Waals surface area (Å²) in [5, 5.41) is 0. The summed E-state index contributed by atoms with van der Waals surface area (Å²) in [6.07, 6.45) is 8.27. The Kier molecular flexibility index (Phi) is 4.43. The van der Waals surface area contributed by atoms with Crippen molar-refractivity contribution in [3.63, 3.8) is 0 Å². The van der Waals surface area contributed by atoms with Gasteiger partial charge in [0.1, 0.15) is 0 Å². The molecule has 0 spiro atoms. The quantitative estimate of drug-likeness (QED) is 0.691. The number of fused-ring (bicyclic) bond motifs is 1. The van der Waals surface area contributed by atoms with Gasteiger partial charge in [-0.2, -0.15) is 0 Å². The smallest absolute Gasteiger partial charge is 0.307 e. The van der Waals surface area contributed by atoms with Crippen LogP contribution in [0.2, 0.25) is 0 Å². The zero-order valence-corrected chi connectivity index (χ0v) is 11.2. The Morgan fingerprint density at radius 1 is 1.18 bits per heavy atom. The number of hydrogen-bond donors (Lipinski definition) is 0. The molecule has 2 aliphatic rings. The van der Waals surface area contributed by atoms with Crippen LogP contribution >= 0.6 is 0 Å². The Morgan fingerprint density at radius 2 is 1.88 bits per heavy atom. The lowest BCUT2D eigenvalue weighted by Gasteiger charge is -2.30. The second-order valence-corrected chi connectivity index (χ2v) is 5.36. The molecule has 2 saturated heterocycles. The van der Waals surface area contributed by atoms with E-state index in [0.717, 1.165) is 12.1 Å². The van der Waals surface area contributed by atoms with E-state index in [-0.39, 0.29) is 5.97 Å². The molecule has 17 heavy (non-hydrogen) atoms. The monoisotopic (exact) mass is 239 g/mol. The molecule has 0 N–H and O–H groups in total. The number of hydrogen-bond acceptors (Lipinski definition) is 3. The SMILES string of the molecule is CCC[C@H]1CC[C@H]2CC[C@@H](CC(=O)OCC)N21. The van der Waals surface area contributed by atoms with Crippen molar-refractivity contribution in [1.82, 2.24) is 4.90 Å². The van der Waals surface area contributed by atoms with E-state index in [1.54, 1.807) is 0 Å². The highest BCUT2D eigenvalue weighted by molar-refractivity contribution is 5.70. The van der Waals surface area contributed by atoms with Crippen LogP contribution in [0.15, 0.2) is 0 Å². The van der Waals surface area contributed by atoms with E-state index in [9.17, 15) is 4.79 Å². The minimum atomic E-state index is -0.0136. The van der Waals surface area contributed by atoms with Crippen molar-refractivity contribution in [3.8, 4) is 0 Å². The second kappa shape index (κ2) is 5.85. The number of carbonyl (C=O) groups excluding carboxylic acids is 1. The summed E-state index contributed by atoms with van der Waals surface area (Å²) in [6, 6.07) is 1.94. The van der Waals surface area contributed by atoms with Gasteiger partial charge in [0.15, 0.2) is 0 Å². The lowest BCUT2D eigenvalue weighted by Crippen LogP contribution is -2.39. The molecular formula is C14H25NO2. The van der Waals surface area contributed by atoms with Gasteiger partial charge in [0.05, 0.1) is 13.0 Å². The largest absolute Gasteiger partial charge is 0.466 e. The van der Waals surface area contributed by atoms with Gasteiger partial charge in [-0.05, 0) is 39.0 Å². The van der Waals surface area contributed by atoms with Crippen LogP contribution in [0, 0.1) is 0 Å². The Bertz CT molecular complexity index is 265. The lowest BCUT2D eigenvalue weighted by molar-refractivity contribution is -0.144. The summed E-state index contributed by atoms with van der Waals surface area (Å²) in [7, 11) is 0. The summed E-state index contributed by atoms with van der Waals surface area (Å²) < 4.78 is 5.08. The molecule has 2 rings (SSSR count). The Morgan fingerprint density at radius 3 is 2.53 bits per heavy atom. The fraction of sp³-hybridized carbons (Fsp3) is 0.929.